The van der Waals surface area contributed by atoms with Crippen molar-refractivity contribution in [1.82, 2.24) is 10.6 Å². The summed E-state index contributed by atoms with van der Waals surface area (Å²) >= 11 is 0. The molecule has 0 saturated heterocycles. The minimum absolute atomic E-state index is 0.215. The number of hydrogen-bond acceptors (Lipinski definition) is 4. The Morgan fingerprint density at radius 1 is 1.58 bits per heavy atom. The first-order chi connectivity index (χ1) is 5.72. The third-order valence-corrected chi connectivity index (χ3v) is 1.86. The van der Waals surface area contributed by atoms with Crippen LogP contribution in [-0.2, 0) is 4.79 Å². The average molecular weight is 170 g/mol. The number of aliphatic hydroxyl groups excluding tert-OH is 1. The van der Waals surface area contributed by atoms with Gasteiger partial charge >= 0.3 is 0 Å². The summed E-state index contributed by atoms with van der Waals surface area (Å²) < 4.78 is 0. The molecule has 68 valence electrons. The number of aliphatic hydroxyl groups is 1. The molecule has 4 heteroatoms. The Labute approximate surface area is 71.7 Å². The van der Waals surface area contributed by atoms with Gasteiger partial charge < -0.3 is 15.7 Å². The van der Waals surface area contributed by atoms with E-state index in [0.717, 1.165) is 13.0 Å². The molecule has 0 aromatic carbocycles. The van der Waals surface area contributed by atoms with Gasteiger partial charge in [0.05, 0.1) is 5.70 Å². The molecule has 0 aromatic heterocycles. The van der Waals surface area contributed by atoms with Gasteiger partial charge in [0, 0.05) is 13.6 Å². The lowest BCUT2D eigenvalue weighted by Gasteiger charge is -2.28. The molecule has 0 spiro atoms. The monoisotopic (exact) mass is 170 g/mol. The van der Waals surface area contributed by atoms with Crippen LogP contribution in [0.1, 0.15) is 13.3 Å². The van der Waals surface area contributed by atoms with Crippen LogP contribution in [0.4, 0.5) is 0 Å². The van der Waals surface area contributed by atoms with Gasteiger partial charge in [-0.1, -0.05) is 6.92 Å². The molecule has 3 N–H and O–H groups in total. The van der Waals surface area contributed by atoms with Crippen molar-refractivity contribution in [3.63, 3.8) is 0 Å². The van der Waals surface area contributed by atoms with Crippen LogP contribution >= 0.6 is 0 Å². The maximum atomic E-state index is 11.0. The van der Waals surface area contributed by atoms with Gasteiger partial charge in [-0.15, -0.1) is 0 Å². The van der Waals surface area contributed by atoms with Crippen molar-refractivity contribution in [3.8, 4) is 0 Å². The van der Waals surface area contributed by atoms with Crippen molar-refractivity contribution >= 4 is 5.78 Å². The molecule has 1 rings (SSSR count). The van der Waals surface area contributed by atoms with Gasteiger partial charge in [0.25, 0.3) is 0 Å². The number of rotatable bonds is 4. The zero-order valence-electron chi connectivity index (χ0n) is 7.35. The third kappa shape index (κ3) is 1.30. The lowest BCUT2D eigenvalue weighted by Crippen LogP contribution is -2.47. The van der Waals surface area contributed by atoms with E-state index in [4.69, 9.17) is 5.11 Å². The summed E-state index contributed by atoms with van der Waals surface area (Å²) in [5.74, 6) is -0.215. The molecule has 4 nitrogen and oxygen atoms in total. The molecule has 0 bridgehead atoms. The predicted molar refractivity (Wildman–Crippen MR) is 45.4 cm³/mol. The fourth-order valence-electron chi connectivity index (χ4n) is 1.15. The van der Waals surface area contributed by atoms with Gasteiger partial charge in [0.15, 0.2) is 6.10 Å². The highest BCUT2D eigenvalue weighted by molar-refractivity contribution is 6.07. The van der Waals surface area contributed by atoms with E-state index < -0.39 is 6.10 Å². The molecule has 0 radical (unpaired) electrons. The standard InChI is InChI=1S/C8H14N2O2/c1-3-4-10-6-5(9-2)7(11)8(6)12/h7,9-11H,3-4H2,1-2H3. The van der Waals surface area contributed by atoms with Crippen molar-refractivity contribution in [1.29, 1.82) is 0 Å². The maximum absolute atomic E-state index is 11.0. The van der Waals surface area contributed by atoms with E-state index in [1.165, 1.54) is 0 Å². The molecular formula is C8H14N2O2. The Balaban J connectivity index is 2.60. The van der Waals surface area contributed by atoms with Gasteiger partial charge in [0.2, 0.25) is 5.78 Å². The summed E-state index contributed by atoms with van der Waals surface area (Å²) in [5.41, 5.74) is 1.14. The minimum atomic E-state index is -0.936. The molecule has 1 atom stereocenters. The number of ketones is 1. The summed E-state index contributed by atoms with van der Waals surface area (Å²) in [6.45, 7) is 2.78. The molecular weight excluding hydrogens is 156 g/mol. The molecule has 0 aliphatic heterocycles. The third-order valence-electron chi connectivity index (χ3n) is 1.86. The highest BCUT2D eigenvalue weighted by atomic mass is 16.3. The van der Waals surface area contributed by atoms with E-state index in [1.54, 1.807) is 7.05 Å². The molecule has 12 heavy (non-hydrogen) atoms. The zero-order chi connectivity index (χ0) is 9.14. The molecule has 1 aliphatic carbocycles. The van der Waals surface area contributed by atoms with E-state index in [9.17, 15) is 4.79 Å². The van der Waals surface area contributed by atoms with Crippen LogP contribution in [0.3, 0.4) is 0 Å². The number of carbonyl (C=O) groups excluding carboxylic acids is 1. The first-order valence-electron chi connectivity index (χ1n) is 4.10. The first kappa shape index (κ1) is 9.06. The smallest absolute Gasteiger partial charge is 0.215 e. The average Bonchev–Trinajstić information content (AvgIpc) is 2.10. The summed E-state index contributed by atoms with van der Waals surface area (Å²) in [4.78, 5) is 11.0. The Hall–Kier alpha value is -1.03. The number of likely N-dealkylation sites (N-methyl/N-ethyl adjacent to an activating group) is 1. The van der Waals surface area contributed by atoms with E-state index in [0.29, 0.717) is 11.4 Å². The summed E-state index contributed by atoms with van der Waals surface area (Å²) in [7, 11) is 1.69. The highest BCUT2D eigenvalue weighted by Gasteiger charge is 2.36. The minimum Gasteiger partial charge on any atom is -0.387 e. The maximum Gasteiger partial charge on any atom is 0.215 e. The lowest BCUT2D eigenvalue weighted by molar-refractivity contribution is -0.125. The SMILES string of the molecule is CCCNC1=C(NC)C(O)C1=O. The van der Waals surface area contributed by atoms with Gasteiger partial charge in [-0.05, 0) is 6.42 Å². The van der Waals surface area contributed by atoms with Crippen LogP contribution in [0.5, 0.6) is 0 Å². The summed E-state index contributed by atoms with van der Waals surface area (Å²) in [5, 5.41) is 14.9. The second kappa shape index (κ2) is 3.58. The Bertz CT molecular complexity index is 223. The highest BCUT2D eigenvalue weighted by Crippen LogP contribution is 2.19. The van der Waals surface area contributed by atoms with Crippen molar-refractivity contribution in [3.05, 3.63) is 11.4 Å². The van der Waals surface area contributed by atoms with Crippen LogP contribution in [0, 0.1) is 0 Å². The number of Topliss-reactive ketones (excluding diaryl/α,β-unsaturated/α-hetero) is 1. The van der Waals surface area contributed by atoms with E-state index in [-0.39, 0.29) is 5.78 Å². The topological polar surface area (TPSA) is 61.4 Å². The van der Waals surface area contributed by atoms with Crippen molar-refractivity contribution < 1.29 is 9.90 Å². The van der Waals surface area contributed by atoms with Crippen molar-refractivity contribution in [2.45, 2.75) is 19.4 Å². The van der Waals surface area contributed by atoms with Crippen LogP contribution in [-0.4, -0.2) is 30.6 Å². The molecule has 0 amide bonds. The van der Waals surface area contributed by atoms with E-state index in [2.05, 4.69) is 10.6 Å². The Morgan fingerprint density at radius 2 is 2.25 bits per heavy atom. The molecule has 0 aromatic rings. The Kier molecular flexibility index (Phi) is 2.70. The van der Waals surface area contributed by atoms with Gasteiger partial charge in [-0.25, -0.2) is 0 Å². The largest absolute Gasteiger partial charge is 0.387 e. The summed E-state index contributed by atoms with van der Waals surface area (Å²) in [6, 6.07) is 0. The second-order valence-corrected chi connectivity index (χ2v) is 2.73. The number of hydrogen-bond donors (Lipinski definition) is 3. The molecule has 0 saturated carbocycles. The molecule has 1 unspecified atom stereocenters. The summed E-state index contributed by atoms with van der Waals surface area (Å²) in [6.07, 6.45) is 0.0264. The predicted octanol–water partition coefficient (Wildman–Crippen LogP) is -0.639. The first-order valence-corrected chi connectivity index (χ1v) is 4.10. The normalized spacial score (nSPS) is 22.2. The number of nitrogens with one attached hydrogen (secondary N) is 2. The molecule has 0 heterocycles. The van der Waals surface area contributed by atoms with Crippen molar-refractivity contribution in [2.75, 3.05) is 13.6 Å². The van der Waals surface area contributed by atoms with Crippen molar-refractivity contribution in [2.24, 2.45) is 0 Å². The Morgan fingerprint density at radius 3 is 2.75 bits per heavy atom. The van der Waals surface area contributed by atoms with E-state index >= 15 is 0 Å². The quantitative estimate of drug-likeness (QED) is 0.525. The van der Waals surface area contributed by atoms with Gasteiger partial charge in [-0.3, -0.25) is 4.79 Å². The lowest BCUT2D eigenvalue weighted by atomic mass is 9.95. The van der Waals surface area contributed by atoms with Gasteiger partial charge in [-0.2, -0.15) is 0 Å². The fourth-order valence-corrected chi connectivity index (χ4v) is 1.15. The van der Waals surface area contributed by atoms with Crippen LogP contribution in [0.2, 0.25) is 0 Å². The molecule has 1 aliphatic rings. The van der Waals surface area contributed by atoms with Crippen LogP contribution < -0.4 is 10.6 Å². The van der Waals surface area contributed by atoms with E-state index in [1.807, 2.05) is 6.92 Å². The van der Waals surface area contributed by atoms with Crippen LogP contribution in [0.15, 0.2) is 11.4 Å². The van der Waals surface area contributed by atoms with Gasteiger partial charge in [0.1, 0.15) is 5.70 Å². The fraction of sp³-hybridized carbons (Fsp3) is 0.625. The van der Waals surface area contributed by atoms with Crippen LogP contribution in [0.25, 0.3) is 0 Å². The second-order valence-electron chi connectivity index (χ2n) is 2.73. The number of carbonyl (C=O) groups is 1. The molecule has 0 fully saturated rings. The zero-order valence-corrected chi connectivity index (χ0v) is 7.35.